The number of unbranched alkanes of at least 4 members (excludes halogenated alkanes) is 1. The maximum atomic E-state index is 13.9. The normalized spacial score (nSPS) is 28.6. The SMILES string of the molecule is CCCC[C@H]1CCN([C@H]2CC=CCO[C@@H]3C[C@H](NC[C@@H](O)[C@H](Cc4ccccc4)NC2=O)c2cc(OC)ccc23)C1=O. The Kier molecular flexibility index (Phi) is 10.3. The highest BCUT2D eigenvalue weighted by molar-refractivity contribution is 5.90. The minimum Gasteiger partial charge on any atom is -0.497 e. The maximum absolute atomic E-state index is 13.9. The van der Waals surface area contributed by atoms with E-state index in [1.807, 2.05) is 54.6 Å². The lowest BCUT2D eigenvalue weighted by Gasteiger charge is -2.31. The Morgan fingerprint density at radius 3 is 2.71 bits per heavy atom. The zero-order valence-corrected chi connectivity index (χ0v) is 24.8. The summed E-state index contributed by atoms with van der Waals surface area (Å²) in [6, 6.07) is 14.8. The van der Waals surface area contributed by atoms with E-state index in [2.05, 4.69) is 23.6 Å². The van der Waals surface area contributed by atoms with Crippen LogP contribution in [0.1, 0.15) is 74.3 Å². The Morgan fingerprint density at radius 2 is 1.93 bits per heavy atom. The fourth-order valence-corrected chi connectivity index (χ4v) is 6.56. The fourth-order valence-electron chi connectivity index (χ4n) is 6.56. The molecule has 3 aliphatic rings. The highest BCUT2D eigenvalue weighted by atomic mass is 16.5. The number of rotatable bonds is 7. The van der Waals surface area contributed by atoms with Crippen LogP contribution in [0, 0.1) is 5.92 Å². The van der Waals surface area contributed by atoms with Gasteiger partial charge in [0.15, 0.2) is 0 Å². The highest BCUT2D eigenvalue weighted by Crippen LogP contribution is 2.42. The molecule has 1 saturated heterocycles. The van der Waals surface area contributed by atoms with Crippen molar-refractivity contribution in [2.75, 3.05) is 26.8 Å². The van der Waals surface area contributed by atoms with E-state index in [0.717, 1.165) is 54.5 Å². The number of carbonyl (C=O) groups is 2. The Balaban J connectivity index is 1.41. The number of ether oxygens (including phenoxy) is 2. The predicted molar refractivity (Wildman–Crippen MR) is 162 cm³/mol. The second-order valence-electron chi connectivity index (χ2n) is 11.8. The van der Waals surface area contributed by atoms with E-state index in [1.54, 1.807) is 12.0 Å². The first-order chi connectivity index (χ1) is 20.5. The molecule has 2 aromatic rings. The number of likely N-dealkylation sites (tertiary alicyclic amines) is 1. The topological polar surface area (TPSA) is 100 Å². The van der Waals surface area contributed by atoms with Crippen molar-refractivity contribution < 1.29 is 24.2 Å². The Morgan fingerprint density at radius 1 is 1.10 bits per heavy atom. The van der Waals surface area contributed by atoms with Gasteiger partial charge in [-0.2, -0.15) is 0 Å². The second-order valence-corrected chi connectivity index (χ2v) is 11.8. The van der Waals surface area contributed by atoms with Crippen molar-refractivity contribution in [3.8, 4) is 5.75 Å². The predicted octanol–water partition coefficient (Wildman–Crippen LogP) is 4.24. The number of nitrogens with one attached hydrogen (secondary N) is 2. The Hall–Kier alpha value is -3.20. The summed E-state index contributed by atoms with van der Waals surface area (Å²) in [4.78, 5) is 29.0. The molecule has 2 heterocycles. The monoisotopic (exact) mass is 575 g/mol. The third-order valence-electron chi connectivity index (χ3n) is 8.99. The molecule has 5 rings (SSSR count). The van der Waals surface area contributed by atoms with E-state index < -0.39 is 18.2 Å². The number of β-amino-alcohol motifs (C(OH)–C–C–N with tert-alkyl or cyclic N) is 1. The molecule has 0 aromatic heterocycles. The van der Waals surface area contributed by atoms with Crippen molar-refractivity contribution in [3.05, 3.63) is 77.4 Å². The number of benzene rings is 2. The first-order valence-electron chi connectivity index (χ1n) is 15.5. The van der Waals surface area contributed by atoms with Gasteiger partial charge in [-0.25, -0.2) is 0 Å². The molecule has 1 fully saturated rings. The number of hydrogen-bond acceptors (Lipinski definition) is 6. The van der Waals surface area contributed by atoms with Gasteiger partial charge >= 0.3 is 0 Å². The molecule has 2 aromatic carbocycles. The zero-order valence-electron chi connectivity index (χ0n) is 24.8. The van der Waals surface area contributed by atoms with E-state index in [0.29, 0.717) is 26.0 Å². The molecule has 2 aliphatic heterocycles. The van der Waals surface area contributed by atoms with Crippen LogP contribution in [-0.2, 0) is 20.7 Å². The standard InChI is InChI=1S/C34H45N3O5/c1-3-4-12-24-16-17-37(34(24)40)30-13-8-9-18-42-32-21-28(27-20-25(41-2)14-15-26(27)32)35-22-31(38)29(36-33(30)39)19-23-10-6-5-7-11-23/h5-11,14-15,20,24,28-32,35,38H,3-4,12-13,16-19,21-22H2,1-2H3,(H,36,39)/t24-,28-,29-,30-,31+,32+/m0/s1. The summed E-state index contributed by atoms with van der Waals surface area (Å²) in [6.45, 7) is 3.40. The first-order valence-corrected chi connectivity index (χ1v) is 15.5. The number of aliphatic hydroxyl groups excluding tert-OH is 1. The van der Waals surface area contributed by atoms with Gasteiger partial charge in [-0.05, 0) is 60.9 Å². The third kappa shape index (κ3) is 7.05. The summed E-state index contributed by atoms with van der Waals surface area (Å²) in [6.07, 6.45) is 8.28. The summed E-state index contributed by atoms with van der Waals surface area (Å²) >= 11 is 0. The lowest BCUT2D eigenvalue weighted by atomic mass is 9.99. The average Bonchev–Trinajstić information content (AvgIpc) is 3.54. The quantitative estimate of drug-likeness (QED) is 0.427. The molecule has 8 nitrogen and oxygen atoms in total. The van der Waals surface area contributed by atoms with Crippen LogP contribution in [0.15, 0.2) is 60.7 Å². The first kappa shape index (κ1) is 30.3. The molecule has 2 amide bonds. The Bertz CT molecular complexity index is 1230. The second kappa shape index (κ2) is 14.3. The van der Waals surface area contributed by atoms with E-state index in [9.17, 15) is 14.7 Å². The van der Waals surface area contributed by atoms with E-state index in [4.69, 9.17) is 9.47 Å². The summed E-state index contributed by atoms with van der Waals surface area (Å²) in [7, 11) is 1.66. The van der Waals surface area contributed by atoms with Gasteiger partial charge in [0, 0.05) is 25.0 Å². The van der Waals surface area contributed by atoms with Crippen molar-refractivity contribution in [1.29, 1.82) is 0 Å². The molecule has 6 atom stereocenters. The van der Waals surface area contributed by atoms with Gasteiger partial charge in [0.25, 0.3) is 0 Å². The molecule has 0 spiro atoms. The van der Waals surface area contributed by atoms with Crippen LogP contribution >= 0.6 is 0 Å². The van der Waals surface area contributed by atoms with Crippen LogP contribution in [0.3, 0.4) is 0 Å². The van der Waals surface area contributed by atoms with Crippen LogP contribution in [0.4, 0.5) is 0 Å². The number of carbonyl (C=O) groups excluding carboxylic acids is 2. The number of nitrogens with zero attached hydrogens (tertiary/aromatic N) is 1. The number of aliphatic hydroxyl groups is 1. The number of amides is 2. The zero-order chi connectivity index (χ0) is 29.5. The maximum Gasteiger partial charge on any atom is 0.243 e. The highest BCUT2D eigenvalue weighted by Gasteiger charge is 2.39. The van der Waals surface area contributed by atoms with E-state index >= 15 is 0 Å². The minimum atomic E-state index is -0.851. The summed E-state index contributed by atoms with van der Waals surface area (Å²) < 4.78 is 11.8. The molecule has 0 radical (unpaired) electrons. The largest absolute Gasteiger partial charge is 0.497 e. The molecule has 8 heteroatoms. The van der Waals surface area contributed by atoms with E-state index in [-0.39, 0.29) is 36.4 Å². The summed E-state index contributed by atoms with van der Waals surface area (Å²) in [5, 5.41) is 18.2. The lowest BCUT2D eigenvalue weighted by molar-refractivity contribution is -0.140. The van der Waals surface area contributed by atoms with Crippen LogP contribution in [0.2, 0.25) is 0 Å². The number of methoxy groups -OCH3 is 1. The molecular formula is C34H45N3O5. The molecule has 42 heavy (non-hydrogen) atoms. The third-order valence-corrected chi connectivity index (χ3v) is 8.99. The van der Waals surface area contributed by atoms with Gasteiger partial charge in [0.1, 0.15) is 11.8 Å². The Labute approximate surface area is 249 Å². The van der Waals surface area contributed by atoms with Crippen LogP contribution in [-0.4, -0.2) is 66.8 Å². The smallest absolute Gasteiger partial charge is 0.243 e. The van der Waals surface area contributed by atoms with Crippen LogP contribution in [0.25, 0.3) is 0 Å². The van der Waals surface area contributed by atoms with E-state index in [1.165, 1.54) is 0 Å². The molecule has 0 unspecified atom stereocenters. The van der Waals surface area contributed by atoms with Crippen molar-refractivity contribution in [3.63, 3.8) is 0 Å². The fraction of sp³-hybridized carbons (Fsp3) is 0.529. The van der Waals surface area contributed by atoms with Gasteiger partial charge in [-0.1, -0.05) is 68.3 Å². The number of fused-ring (bicyclic) bond motifs is 5. The number of hydrogen-bond donors (Lipinski definition) is 3. The van der Waals surface area contributed by atoms with Gasteiger partial charge < -0.3 is 30.1 Å². The molecule has 226 valence electrons. The summed E-state index contributed by atoms with van der Waals surface area (Å²) in [5.41, 5.74) is 3.25. The van der Waals surface area contributed by atoms with Gasteiger partial charge in [0.05, 0.1) is 32.0 Å². The van der Waals surface area contributed by atoms with Crippen molar-refractivity contribution in [2.45, 2.75) is 82.2 Å². The van der Waals surface area contributed by atoms with Gasteiger partial charge in [-0.15, -0.1) is 0 Å². The molecule has 1 aliphatic carbocycles. The molecule has 0 saturated carbocycles. The minimum absolute atomic E-state index is 0.0213. The lowest BCUT2D eigenvalue weighted by Crippen LogP contribution is -2.55. The van der Waals surface area contributed by atoms with Gasteiger partial charge in [0.2, 0.25) is 11.8 Å². The average molecular weight is 576 g/mol. The van der Waals surface area contributed by atoms with Gasteiger partial charge in [-0.3, -0.25) is 9.59 Å². The molecule has 2 bridgehead atoms. The van der Waals surface area contributed by atoms with Crippen LogP contribution < -0.4 is 15.4 Å². The van der Waals surface area contributed by atoms with Crippen molar-refractivity contribution in [1.82, 2.24) is 15.5 Å². The van der Waals surface area contributed by atoms with Crippen molar-refractivity contribution in [2.24, 2.45) is 5.92 Å². The molecule has 3 N–H and O–H groups in total. The van der Waals surface area contributed by atoms with Crippen molar-refractivity contribution >= 4 is 11.8 Å². The van der Waals surface area contributed by atoms with Crippen LogP contribution in [0.5, 0.6) is 5.75 Å². The molecular weight excluding hydrogens is 530 g/mol. The summed E-state index contributed by atoms with van der Waals surface area (Å²) in [5.74, 6) is 0.601.